The van der Waals surface area contributed by atoms with Gasteiger partial charge in [0, 0.05) is 15.3 Å². The van der Waals surface area contributed by atoms with Crippen LogP contribution in [0.3, 0.4) is 0 Å². The molecule has 28 heavy (non-hydrogen) atoms. The highest BCUT2D eigenvalue weighted by Gasteiger charge is 2.36. The van der Waals surface area contributed by atoms with Gasteiger partial charge in [-0.05, 0) is 24.5 Å². The molecule has 0 aromatic heterocycles. The first kappa shape index (κ1) is 18.8. The van der Waals surface area contributed by atoms with E-state index < -0.39 is 6.17 Å². The second-order valence-corrected chi connectivity index (χ2v) is 7.72. The minimum Gasteiger partial charge on any atom is -0.493 e. The summed E-state index contributed by atoms with van der Waals surface area (Å²) in [5, 5.41) is 11.1. The molecule has 0 aliphatic carbocycles. The Balaban J connectivity index is 2.03. The predicted octanol–water partition coefficient (Wildman–Crippen LogP) is 1.97. The van der Waals surface area contributed by atoms with Crippen LogP contribution in [0, 0.1) is 0 Å². The Morgan fingerprint density at radius 3 is 2.71 bits per heavy atom. The third kappa shape index (κ3) is 3.04. The van der Waals surface area contributed by atoms with E-state index in [0.29, 0.717) is 22.4 Å². The van der Waals surface area contributed by atoms with Gasteiger partial charge in [0.05, 0.1) is 19.6 Å². The average Bonchev–Trinajstić information content (AvgIpc) is 2.71. The van der Waals surface area contributed by atoms with Gasteiger partial charge in [0.25, 0.3) is 5.91 Å². The van der Waals surface area contributed by atoms with Gasteiger partial charge in [-0.3, -0.25) is 15.1 Å². The number of halogens is 1. The van der Waals surface area contributed by atoms with Gasteiger partial charge < -0.3 is 9.47 Å². The Morgan fingerprint density at radius 1 is 1.21 bits per heavy atom. The molecule has 144 valence electrons. The molecule has 0 fully saturated rings. The molecule has 0 spiro atoms. The van der Waals surface area contributed by atoms with Gasteiger partial charge in [-0.25, -0.2) is 5.01 Å². The van der Waals surface area contributed by atoms with E-state index in [1.165, 1.54) is 11.8 Å². The van der Waals surface area contributed by atoms with Crippen molar-refractivity contribution in [2.24, 2.45) is 10.1 Å². The molecule has 9 heteroatoms. The molecule has 0 saturated carbocycles. The number of hydrogen-bond acceptors (Lipinski definition) is 7. The van der Waals surface area contributed by atoms with Crippen molar-refractivity contribution < 1.29 is 14.3 Å². The third-order valence-corrected chi connectivity index (χ3v) is 5.49. The summed E-state index contributed by atoms with van der Waals surface area (Å²) in [6.45, 7) is 0. The number of para-hydroxylation sites is 1. The number of benzene rings is 2. The van der Waals surface area contributed by atoms with Crippen molar-refractivity contribution in [1.29, 1.82) is 0 Å². The zero-order valence-electron chi connectivity index (χ0n) is 15.4. The van der Waals surface area contributed by atoms with Crippen molar-refractivity contribution in [2.45, 2.75) is 6.17 Å². The van der Waals surface area contributed by atoms with Crippen LogP contribution in [0.2, 0.25) is 0 Å². The molecule has 0 radical (unpaired) electrons. The normalized spacial score (nSPS) is 17.8. The van der Waals surface area contributed by atoms with E-state index >= 15 is 0 Å². The van der Waals surface area contributed by atoms with E-state index in [9.17, 15) is 4.79 Å². The highest BCUT2D eigenvalue weighted by Crippen LogP contribution is 2.42. The number of methoxy groups -OCH3 is 2. The number of carbonyl (C=O) groups is 1. The second-order valence-electron chi connectivity index (χ2n) is 6.01. The SMILES string of the molecule is COc1cc(Br)cc([C@@H]2N=c3ccccc3=C3C(=O)NC(SC)=NN32)c1OC. The summed E-state index contributed by atoms with van der Waals surface area (Å²) < 4.78 is 11.9. The van der Waals surface area contributed by atoms with E-state index in [4.69, 9.17) is 14.5 Å². The topological polar surface area (TPSA) is 75.5 Å². The lowest BCUT2D eigenvalue weighted by Gasteiger charge is -2.34. The lowest BCUT2D eigenvalue weighted by Crippen LogP contribution is -2.50. The van der Waals surface area contributed by atoms with Crippen LogP contribution in [-0.4, -0.2) is 36.6 Å². The number of nitrogens with zero attached hydrogens (tertiary/aromatic N) is 3. The number of hydrazone groups is 1. The molecule has 0 unspecified atom stereocenters. The average molecular weight is 461 g/mol. The minimum absolute atomic E-state index is 0.215. The van der Waals surface area contributed by atoms with Gasteiger partial charge in [0.15, 0.2) is 22.8 Å². The van der Waals surface area contributed by atoms with Crippen LogP contribution in [0.15, 0.2) is 51.0 Å². The third-order valence-electron chi connectivity index (χ3n) is 4.46. The number of thioether (sulfide) groups is 1. The summed E-state index contributed by atoms with van der Waals surface area (Å²) in [7, 11) is 3.16. The van der Waals surface area contributed by atoms with E-state index in [1.54, 1.807) is 19.2 Å². The Morgan fingerprint density at radius 2 is 2.00 bits per heavy atom. The standard InChI is InChI=1S/C19H17BrN4O3S/c1-26-14-9-10(20)8-12(16(14)27-2)17-21-13-7-5-4-6-11(13)15-18(25)22-19(28-3)23-24(15)17/h4-9,17H,1-3H3,(H,22,23,25)/t17-/m1/s1. The number of amidine groups is 1. The quantitative estimate of drug-likeness (QED) is 0.757. The molecule has 2 aromatic rings. The van der Waals surface area contributed by atoms with Crippen LogP contribution >= 0.6 is 27.7 Å². The molecule has 0 bridgehead atoms. The molecule has 2 aliphatic heterocycles. The molecular formula is C19H17BrN4O3S. The Kier molecular flexibility index (Phi) is 5.03. The number of nitrogens with one attached hydrogen (secondary N) is 1. The Bertz CT molecular complexity index is 1120. The molecule has 1 N–H and O–H groups in total. The maximum absolute atomic E-state index is 12.9. The Hall–Kier alpha value is -2.52. The number of ether oxygens (including phenoxy) is 2. The van der Waals surface area contributed by atoms with E-state index in [2.05, 4.69) is 26.3 Å². The molecule has 2 aliphatic rings. The van der Waals surface area contributed by atoms with Crippen molar-refractivity contribution in [1.82, 2.24) is 10.3 Å². The van der Waals surface area contributed by atoms with Gasteiger partial charge in [-0.15, -0.1) is 5.10 Å². The highest BCUT2D eigenvalue weighted by molar-refractivity contribution is 9.10. The van der Waals surface area contributed by atoms with Crippen LogP contribution < -0.4 is 25.4 Å². The molecule has 0 saturated heterocycles. The van der Waals surface area contributed by atoms with Gasteiger partial charge in [-0.2, -0.15) is 0 Å². The summed E-state index contributed by atoms with van der Waals surface area (Å²) in [6, 6.07) is 11.3. The predicted molar refractivity (Wildman–Crippen MR) is 112 cm³/mol. The lowest BCUT2D eigenvalue weighted by molar-refractivity contribution is -0.116. The minimum atomic E-state index is -0.584. The van der Waals surface area contributed by atoms with E-state index in [-0.39, 0.29) is 5.91 Å². The fourth-order valence-corrected chi connectivity index (χ4v) is 4.09. The van der Waals surface area contributed by atoms with Crippen molar-refractivity contribution in [3.05, 3.63) is 57.0 Å². The molecular weight excluding hydrogens is 444 g/mol. The molecule has 2 aromatic carbocycles. The largest absolute Gasteiger partial charge is 0.493 e. The summed E-state index contributed by atoms with van der Waals surface area (Å²) in [5.41, 5.74) is 1.19. The number of hydrogen-bond donors (Lipinski definition) is 1. The molecule has 1 amide bonds. The van der Waals surface area contributed by atoms with Crippen LogP contribution in [-0.2, 0) is 4.79 Å². The first-order valence-electron chi connectivity index (χ1n) is 8.39. The van der Waals surface area contributed by atoms with Crippen LogP contribution in [0.5, 0.6) is 11.5 Å². The summed E-state index contributed by atoms with van der Waals surface area (Å²) in [4.78, 5) is 17.8. The monoisotopic (exact) mass is 460 g/mol. The molecule has 1 atom stereocenters. The maximum atomic E-state index is 12.9. The first-order valence-corrected chi connectivity index (χ1v) is 10.4. The van der Waals surface area contributed by atoms with Crippen molar-refractivity contribution in [2.75, 3.05) is 20.5 Å². The first-order chi connectivity index (χ1) is 13.6. The maximum Gasteiger partial charge on any atom is 0.276 e. The van der Waals surface area contributed by atoms with Gasteiger partial charge in [0.1, 0.15) is 5.70 Å². The van der Waals surface area contributed by atoms with Gasteiger partial charge in [-0.1, -0.05) is 45.9 Å². The smallest absolute Gasteiger partial charge is 0.276 e. The molecule has 2 heterocycles. The summed E-state index contributed by atoms with van der Waals surface area (Å²) in [5.74, 6) is 0.899. The number of rotatable bonds is 3. The molecule has 7 nitrogen and oxygen atoms in total. The molecule has 4 rings (SSSR count). The van der Waals surface area contributed by atoms with E-state index in [0.717, 1.165) is 20.6 Å². The fourth-order valence-electron chi connectivity index (χ4n) is 3.27. The number of amides is 1. The highest BCUT2D eigenvalue weighted by atomic mass is 79.9. The van der Waals surface area contributed by atoms with Gasteiger partial charge >= 0.3 is 0 Å². The summed E-state index contributed by atoms with van der Waals surface area (Å²) >= 11 is 4.88. The zero-order valence-corrected chi connectivity index (χ0v) is 17.8. The number of fused-ring (bicyclic) bond motifs is 2. The van der Waals surface area contributed by atoms with Crippen molar-refractivity contribution in [3.8, 4) is 11.5 Å². The van der Waals surface area contributed by atoms with Crippen LogP contribution in [0.1, 0.15) is 11.7 Å². The van der Waals surface area contributed by atoms with Crippen LogP contribution in [0.4, 0.5) is 0 Å². The number of carbonyl (C=O) groups excluding carboxylic acids is 1. The van der Waals surface area contributed by atoms with Crippen molar-refractivity contribution in [3.63, 3.8) is 0 Å². The summed E-state index contributed by atoms with van der Waals surface area (Å²) in [6.07, 6.45) is 1.27. The van der Waals surface area contributed by atoms with Crippen molar-refractivity contribution >= 4 is 44.5 Å². The van der Waals surface area contributed by atoms with Gasteiger partial charge in [0.2, 0.25) is 0 Å². The second kappa shape index (κ2) is 7.48. The fraction of sp³-hybridized carbons (Fsp3) is 0.211. The zero-order chi connectivity index (χ0) is 19.8. The van der Waals surface area contributed by atoms with E-state index in [1.807, 2.05) is 42.7 Å². The van der Waals surface area contributed by atoms with Crippen LogP contribution in [0.25, 0.3) is 5.70 Å². The Labute approximate surface area is 174 Å². The lowest BCUT2D eigenvalue weighted by atomic mass is 10.1.